The zero-order chi connectivity index (χ0) is 11.9. The maximum Gasteiger partial charge on any atom is 0.350 e. The fourth-order valence-corrected chi connectivity index (χ4v) is 1.15. The Labute approximate surface area is 88.1 Å². The summed E-state index contributed by atoms with van der Waals surface area (Å²) in [6.45, 7) is 0. The minimum absolute atomic E-state index is 0.312. The van der Waals surface area contributed by atoms with Crippen molar-refractivity contribution in [2.45, 2.75) is 11.8 Å². The Morgan fingerprint density at radius 2 is 1.33 bits per heavy atom. The van der Waals surface area contributed by atoms with Crippen molar-refractivity contribution < 1.29 is 33.5 Å². The second-order valence-electron chi connectivity index (χ2n) is 2.41. The summed E-state index contributed by atoms with van der Waals surface area (Å²) in [6.07, 6.45) is 0.312. The predicted octanol–water partition coefficient (Wildman–Crippen LogP) is -0.301. The maximum atomic E-state index is 11.0. The second kappa shape index (κ2) is 6.11. The van der Waals surface area contributed by atoms with Gasteiger partial charge in [-0.25, -0.2) is 4.89 Å². The van der Waals surface area contributed by atoms with Gasteiger partial charge in [-0.3, -0.25) is 4.79 Å². The molecule has 90 valence electrons. The van der Waals surface area contributed by atoms with Crippen molar-refractivity contribution in [3.63, 3.8) is 0 Å². The third-order valence-electron chi connectivity index (χ3n) is 1.90. The van der Waals surface area contributed by atoms with E-state index in [0.29, 0.717) is 6.29 Å². The molecule has 1 unspecified atom stereocenters. The van der Waals surface area contributed by atoms with Gasteiger partial charge in [-0.1, -0.05) is 0 Å². The Hall–Kier alpha value is -0.570. The molecule has 0 aliphatic carbocycles. The van der Waals surface area contributed by atoms with E-state index in [0.717, 1.165) is 0 Å². The molecule has 0 bridgehead atoms. The van der Waals surface area contributed by atoms with E-state index in [9.17, 15) is 4.79 Å². The molecule has 0 aliphatic heterocycles. The van der Waals surface area contributed by atoms with Crippen LogP contribution in [-0.2, 0) is 33.5 Å². The van der Waals surface area contributed by atoms with E-state index < -0.39 is 11.8 Å². The predicted molar refractivity (Wildman–Crippen MR) is 47.7 cm³/mol. The summed E-state index contributed by atoms with van der Waals surface area (Å²) in [5, 5.41) is 0. The molecule has 0 saturated carbocycles. The van der Waals surface area contributed by atoms with Gasteiger partial charge in [0.25, 0.3) is 0 Å². The topological polar surface area (TPSA) is 72.5 Å². The smallest absolute Gasteiger partial charge is 0.339 e. The highest BCUT2D eigenvalue weighted by molar-refractivity contribution is 5.61. The number of rotatable bonds is 8. The van der Waals surface area contributed by atoms with Gasteiger partial charge in [-0.2, -0.15) is 4.89 Å². The van der Waals surface area contributed by atoms with Crippen LogP contribution in [-0.4, -0.2) is 53.6 Å². The van der Waals surface area contributed by atoms with Crippen LogP contribution >= 0.6 is 0 Å². The van der Waals surface area contributed by atoms with E-state index in [1.54, 1.807) is 0 Å². The Kier molecular flexibility index (Phi) is 5.88. The van der Waals surface area contributed by atoms with Crippen molar-refractivity contribution in [1.29, 1.82) is 0 Å². The molecule has 0 fully saturated rings. The summed E-state index contributed by atoms with van der Waals surface area (Å²) in [5.74, 6) is -3.82. The Morgan fingerprint density at radius 1 is 0.867 bits per heavy atom. The van der Waals surface area contributed by atoms with Crippen LogP contribution in [0.2, 0.25) is 0 Å². The number of methoxy groups -OCH3 is 4. The summed E-state index contributed by atoms with van der Waals surface area (Å²) in [6, 6.07) is 0. The van der Waals surface area contributed by atoms with E-state index in [-0.39, 0.29) is 0 Å². The van der Waals surface area contributed by atoms with Gasteiger partial charge in [0.05, 0.1) is 7.11 Å². The SMILES string of the molecule is COOC(C=O)(OC)C(OC)(OC)OC. The number of hydrogen-bond donors (Lipinski definition) is 0. The van der Waals surface area contributed by atoms with Gasteiger partial charge in [0, 0.05) is 28.4 Å². The van der Waals surface area contributed by atoms with Crippen LogP contribution in [0.25, 0.3) is 0 Å². The van der Waals surface area contributed by atoms with Crippen LogP contribution in [0, 0.1) is 0 Å². The largest absolute Gasteiger partial charge is 0.350 e. The van der Waals surface area contributed by atoms with Gasteiger partial charge >= 0.3 is 11.8 Å². The van der Waals surface area contributed by atoms with Gasteiger partial charge in [-0.15, -0.1) is 0 Å². The fraction of sp³-hybridized carbons (Fsp3) is 0.875. The molecule has 0 radical (unpaired) electrons. The minimum atomic E-state index is -1.97. The van der Waals surface area contributed by atoms with Crippen LogP contribution in [0.15, 0.2) is 0 Å². The summed E-state index contributed by atoms with van der Waals surface area (Å²) in [5.41, 5.74) is 0. The molecule has 0 aromatic heterocycles. The lowest BCUT2D eigenvalue weighted by Gasteiger charge is -2.39. The molecule has 0 N–H and O–H groups in total. The highest BCUT2D eigenvalue weighted by Gasteiger charge is 2.59. The summed E-state index contributed by atoms with van der Waals surface area (Å²) in [4.78, 5) is 20.1. The lowest BCUT2D eigenvalue weighted by molar-refractivity contribution is -0.518. The molecule has 0 aliphatic rings. The maximum absolute atomic E-state index is 11.0. The molecule has 0 spiro atoms. The number of hydrogen-bond acceptors (Lipinski definition) is 7. The number of ether oxygens (including phenoxy) is 4. The molecule has 0 aromatic carbocycles. The van der Waals surface area contributed by atoms with E-state index in [4.69, 9.17) is 23.8 Å². The molecular weight excluding hydrogens is 208 g/mol. The molecular formula is C8H16O7. The first kappa shape index (κ1) is 14.4. The van der Waals surface area contributed by atoms with Crippen molar-refractivity contribution >= 4 is 6.29 Å². The molecule has 0 saturated heterocycles. The van der Waals surface area contributed by atoms with Gasteiger partial charge < -0.3 is 18.9 Å². The first-order chi connectivity index (χ1) is 7.11. The lowest BCUT2D eigenvalue weighted by atomic mass is 10.2. The molecule has 0 rings (SSSR count). The van der Waals surface area contributed by atoms with Crippen LogP contribution in [0.1, 0.15) is 0 Å². The van der Waals surface area contributed by atoms with Gasteiger partial charge in [-0.05, 0) is 0 Å². The van der Waals surface area contributed by atoms with Crippen molar-refractivity contribution in [1.82, 2.24) is 0 Å². The molecule has 1 atom stereocenters. The third-order valence-corrected chi connectivity index (χ3v) is 1.90. The minimum Gasteiger partial charge on any atom is -0.339 e. The monoisotopic (exact) mass is 224 g/mol. The van der Waals surface area contributed by atoms with Crippen LogP contribution in [0.5, 0.6) is 0 Å². The number of aldehydes is 1. The van der Waals surface area contributed by atoms with Crippen molar-refractivity contribution in [3.05, 3.63) is 0 Å². The normalized spacial score (nSPS) is 16.1. The summed E-state index contributed by atoms with van der Waals surface area (Å²) < 4.78 is 19.7. The molecule has 0 amide bonds. The summed E-state index contributed by atoms with van der Waals surface area (Å²) >= 11 is 0. The molecule has 7 heteroatoms. The average molecular weight is 224 g/mol. The Bertz CT molecular complexity index is 183. The second-order valence-corrected chi connectivity index (χ2v) is 2.41. The van der Waals surface area contributed by atoms with E-state index in [1.165, 1.54) is 35.5 Å². The lowest BCUT2D eigenvalue weighted by Crippen LogP contribution is -2.62. The van der Waals surface area contributed by atoms with Crippen molar-refractivity contribution in [3.8, 4) is 0 Å². The fourth-order valence-electron chi connectivity index (χ4n) is 1.15. The molecule has 0 aromatic rings. The summed E-state index contributed by atoms with van der Waals surface area (Å²) in [7, 11) is 6.23. The standard InChI is InChI=1S/C8H16O7/c1-10-7(6-9,15-14-5)8(11-2,12-3)13-4/h6H,1-5H3. The first-order valence-electron chi connectivity index (χ1n) is 4.00. The highest BCUT2D eigenvalue weighted by Crippen LogP contribution is 2.30. The molecule has 0 heterocycles. The van der Waals surface area contributed by atoms with Crippen LogP contribution in [0.3, 0.4) is 0 Å². The zero-order valence-corrected chi connectivity index (χ0v) is 9.44. The quantitative estimate of drug-likeness (QED) is 0.242. The Morgan fingerprint density at radius 3 is 1.53 bits per heavy atom. The molecule has 15 heavy (non-hydrogen) atoms. The van der Waals surface area contributed by atoms with Crippen LogP contribution in [0.4, 0.5) is 0 Å². The van der Waals surface area contributed by atoms with Gasteiger partial charge in [0.15, 0.2) is 6.29 Å². The number of carbonyl (C=O) groups is 1. The highest BCUT2D eigenvalue weighted by atomic mass is 17.2. The first-order valence-corrected chi connectivity index (χ1v) is 4.00. The van der Waals surface area contributed by atoms with E-state index >= 15 is 0 Å². The molecule has 7 nitrogen and oxygen atoms in total. The van der Waals surface area contributed by atoms with Crippen LogP contribution < -0.4 is 0 Å². The zero-order valence-electron chi connectivity index (χ0n) is 9.44. The van der Waals surface area contributed by atoms with Crippen molar-refractivity contribution in [2.75, 3.05) is 35.5 Å². The van der Waals surface area contributed by atoms with Crippen molar-refractivity contribution in [2.24, 2.45) is 0 Å². The Balaban J connectivity index is 5.22. The third kappa shape index (κ3) is 2.33. The van der Waals surface area contributed by atoms with Gasteiger partial charge in [0.2, 0.25) is 0 Å². The van der Waals surface area contributed by atoms with Gasteiger partial charge in [0.1, 0.15) is 0 Å². The number of carbonyl (C=O) groups excluding carboxylic acids is 1. The average Bonchev–Trinajstić information content (AvgIpc) is 2.30. The van der Waals surface area contributed by atoms with E-state index in [2.05, 4.69) is 4.89 Å². The van der Waals surface area contributed by atoms with E-state index in [1.807, 2.05) is 0 Å².